The van der Waals surface area contributed by atoms with Crippen LogP contribution in [0.5, 0.6) is 5.75 Å². The van der Waals surface area contributed by atoms with Crippen molar-refractivity contribution in [1.29, 1.82) is 0 Å². The molecule has 0 atom stereocenters. The third-order valence-electron chi connectivity index (χ3n) is 3.20. The Hall–Kier alpha value is -2.32. The normalized spacial score (nSPS) is 10.5. The summed E-state index contributed by atoms with van der Waals surface area (Å²) in [7, 11) is 1.63. The molecule has 2 heterocycles. The fourth-order valence-electron chi connectivity index (χ4n) is 1.97. The first kappa shape index (κ1) is 16.5. The number of thiophene rings is 1. The molecular weight excluding hydrogens is 344 g/mol. The molecule has 0 radical (unpaired) electrons. The van der Waals surface area contributed by atoms with Crippen molar-refractivity contribution < 1.29 is 9.53 Å². The Morgan fingerprint density at radius 1 is 1.33 bits per heavy atom. The highest BCUT2D eigenvalue weighted by Gasteiger charge is 2.09. The number of amides is 1. The molecule has 0 spiro atoms. The van der Waals surface area contributed by atoms with Gasteiger partial charge in [0.05, 0.1) is 19.4 Å². The van der Waals surface area contributed by atoms with Gasteiger partial charge in [-0.05, 0) is 35.7 Å². The summed E-state index contributed by atoms with van der Waals surface area (Å²) in [4.78, 5) is 17.4. The van der Waals surface area contributed by atoms with Crippen molar-refractivity contribution in [2.45, 2.75) is 11.7 Å². The Bertz CT molecular complexity index is 785. The average molecular weight is 360 g/mol. The lowest BCUT2D eigenvalue weighted by atomic mass is 10.2. The summed E-state index contributed by atoms with van der Waals surface area (Å²) < 4.78 is 5.13. The summed E-state index contributed by atoms with van der Waals surface area (Å²) in [5, 5.41) is 12.4. The lowest BCUT2D eigenvalue weighted by molar-refractivity contribution is -0.118. The van der Waals surface area contributed by atoms with E-state index in [0.717, 1.165) is 16.2 Å². The summed E-state index contributed by atoms with van der Waals surface area (Å²) in [5.41, 5.74) is 0.914. The molecule has 1 amide bonds. The quantitative estimate of drug-likeness (QED) is 0.633. The van der Waals surface area contributed by atoms with Crippen LogP contribution in [0, 0.1) is 0 Å². The highest BCUT2D eigenvalue weighted by Crippen LogP contribution is 2.21. The lowest BCUT2D eigenvalue weighted by Gasteiger charge is -2.01. The fraction of sp³-hybridized carbons (Fsp3) is 0.188. The van der Waals surface area contributed by atoms with Crippen LogP contribution in [0.3, 0.4) is 0 Å². The Morgan fingerprint density at radius 2 is 2.17 bits per heavy atom. The van der Waals surface area contributed by atoms with Crippen molar-refractivity contribution in [2.24, 2.45) is 0 Å². The molecule has 0 aliphatic rings. The first-order valence-electron chi connectivity index (χ1n) is 7.23. The van der Waals surface area contributed by atoms with Crippen molar-refractivity contribution in [3.63, 3.8) is 0 Å². The molecule has 0 aliphatic carbocycles. The van der Waals surface area contributed by atoms with E-state index in [-0.39, 0.29) is 11.7 Å². The van der Waals surface area contributed by atoms with Crippen molar-refractivity contribution in [3.8, 4) is 17.1 Å². The number of carbonyl (C=O) groups is 1. The minimum Gasteiger partial charge on any atom is -0.497 e. The number of rotatable bonds is 7. The van der Waals surface area contributed by atoms with Crippen molar-refractivity contribution >= 4 is 29.0 Å². The number of hydrogen-bond donors (Lipinski definition) is 2. The van der Waals surface area contributed by atoms with Crippen LogP contribution < -0.4 is 10.1 Å². The predicted molar refractivity (Wildman–Crippen MR) is 95.3 cm³/mol. The summed E-state index contributed by atoms with van der Waals surface area (Å²) in [6.07, 6.45) is 0. The van der Waals surface area contributed by atoms with E-state index >= 15 is 0 Å². The van der Waals surface area contributed by atoms with Gasteiger partial charge in [0.2, 0.25) is 11.1 Å². The number of benzene rings is 1. The van der Waals surface area contributed by atoms with Crippen LogP contribution in [0.4, 0.5) is 0 Å². The molecule has 0 fully saturated rings. The standard InChI is InChI=1S/C16H16N4O2S2/c1-22-12-6-4-11(5-7-12)15-18-16(20-19-15)24-10-14(21)17-9-13-3-2-8-23-13/h2-8H,9-10H2,1H3,(H,17,21)(H,18,19,20). The van der Waals surface area contributed by atoms with Crippen LogP contribution in [0.2, 0.25) is 0 Å². The van der Waals surface area contributed by atoms with Gasteiger partial charge in [0, 0.05) is 10.4 Å². The van der Waals surface area contributed by atoms with Gasteiger partial charge in [-0.15, -0.1) is 16.4 Å². The minimum atomic E-state index is -0.0378. The first-order valence-corrected chi connectivity index (χ1v) is 9.10. The summed E-state index contributed by atoms with van der Waals surface area (Å²) in [6.45, 7) is 0.558. The molecule has 0 saturated heterocycles. The van der Waals surface area contributed by atoms with Gasteiger partial charge >= 0.3 is 0 Å². The first-order chi connectivity index (χ1) is 11.7. The summed E-state index contributed by atoms with van der Waals surface area (Å²) in [5.74, 6) is 1.70. The van der Waals surface area contributed by atoms with Gasteiger partial charge in [0.15, 0.2) is 5.82 Å². The molecule has 3 aromatic rings. The van der Waals surface area contributed by atoms with Crippen LogP contribution in [-0.4, -0.2) is 34.0 Å². The Balaban J connectivity index is 1.51. The number of thioether (sulfide) groups is 1. The number of H-pyrrole nitrogens is 1. The lowest BCUT2D eigenvalue weighted by Crippen LogP contribution is -2.24. The maximum atomic E-state index is 11.9. The molecule has 6 nitrogen and oxygen atoms in total. The number of methoxy groups -OCH3 is 1. The van der Waals surface area contributed by atoms with E-state index < -0.39 is 0 Å². The molecular formula is C16H16N4O2S2. The molecule has 2 N–H and O–H groups in total. The van der Waals surface area contributed by atoms with Crippen LogP contribution in [-0.2, 0) is 11.3 Å². The topological polar surface area (TPSA) is 79.9 Å². The van der Waals surface area contributed by atoms with Crippen LogP contribution in [0.15, 0.2) is 46.9 Å². The highest BCUT2D eigenvalue weighted by molar-refractivity contribution is 7.99. The molecule has 3 rings (SSSR count). The molecule has 2 aromatic heterocycles. The van der Waals surface area contributed by atoms with E-state index in [1.54, 1.807) is 18.4 Å². The van der Waals surface area contributed by atoms with Gasteiger partial charge in [-0.2, -0.15) is 0 Å². The van der Waals surface area contributed by atoms with Gasteiger partial charge in [-0.1, -0.05) is 17.8 Å². The smallest absolute Gasteiger partial charge is 0.230 e. The van der Waals surface area contributed by atoms with E-state index in [1.165, 1.54) is 11.8 Å². The molecule has 0 saturated carbocycles. The monoisotopic (exact) mass is 360 g/mol. The second-order valence-corrected chi connectivity index (χ2v) is 6.81. The second-order valence-electron chi connectivity index (χ2n) is 4.84. The van der Waals surface area contributed by atoms with Gasteiger partial charge in [-0.3, -0.25) is 9.89 Å². The van der Waals surface area contributed by atoms with E-state index in [1.807, 2.05) is 41.8 Å². The Morgan fingerprint density at radius 3 is 2.88 bits per heavy atom. The molecule has 0 unspecified atom stereocenters. The third kappa shape index (κ3) is 4.36. The number of nitrogens with zero attached hydrogens (tertiary/aromatic N) is 2. The second kappa shape index (κ2) is 7.98. The number of carbonyl (C=O) groups excluding carboxylic acids is 1. The van der Waals surface area contributed by atoms with Gasteiger partial charge < -0.3 is 10.1 Å². The number of nitrogens with one attached hydrogen (secondary N) is 2. The van der Waals surface area contributed by atoms with Gasteiger partial charge in [0.1, 0.15) is 5.75 Å². The van der Waals surface area contributed by atoms with E-state index in [4.69, 9.17) is 4.74 Å². The van der Waals surface area contributed by atoms with Gasteiger partial charge in [0.25, 0.3) is 0 Å². The van der Waals surface area contributed by atoms with Crippen LogP contribution in [0.25, 0.3) is 11.4 Å². The average Bonchev–Trinajstić information content (AvgIpc) is 3.30. The molecule has 1 aromatic carbocycles. The van der Waals surface area contributed by atoms with E-state index in [9.17, 15) is 4.79 Å². The van der Waals surface area contributed by atoms with Crippen molar-refractivity contribution in [1.82, 2.24) is 20.5 Å². The van der Waals surface area contributed by atoms with Crippen molar-refractivity contribution in [2.75, 3.05) is 12.9 Å². The van der Waals surface area contributed by atoms with E-state index in [0.29, 0.717) is 17.5 Å². The minimum absolute atomic E-state index is 0.0378. The highest BCUT2D eigenvalue weighted by atomic mass is 32.2. The van der Waals surface area contributed by atoms with Crippen LogP contribution >= 0.6 is 23.1 Å². The third-order valence-corrected chi connectivity index (χ3v) is 4.92. The maximum Gasteiger partial charge on any atom is 0.230 e. The molecule has 0 aliphatic heterocycles. The van der Waals surface area contributed by atoms with Crippen molar-refractivity contribution in [3.05, 3.63) is 46.7 Å². The predicted octanol–water partition coefficient (Wildman–Crippen LogP) is 2.95. The zero-order valence-electron chi connectivity index (χ0n) is 13.0. The number of hydrogen-bond acceptors (Lipinski definition) is 6. The Kier molecular flexibility index (Phi) is 5.50. The largest absolute Gasteiger partial charge is 0.497 e. The molecule has 0 bridgehead atoms. The van der Waals surface area contributed by atoms with Crippen LogP contribution in [0.1, 0.15) is 4.88 Å². The fourth-order valence-corrected chi connectivity index (χ4v) is 3.24. The van der Waals surface area contributed by atoms with E-state index in [2.05, 4.69) is 20.5 Å². The van der Waals surface area contributed by atoms with Gasteiger partial charge in [-0.25, -0.2) is 4.98 Å². The molecule has 24 heavy (non-hydrogen) atoms. The zero-order valence-corrected chi connectivity index (χ0v) is 14.6. The maximum absolute atomic E-state index is 11.9. The number of ether oxygens (including phenoxy) is 1. The zero-order chi connectivity index (χ0) is 16.8. The molecule has 8 heteroatoms. The summed E-state index contributed by atoms with van der Waals surface area (Å²) >= 11 is 2.92. The SMILES string of the molecule is COc1ccc(-c2nc(SCC(=O)NCc3cccs3)n[nH]2)cc1. The Labute approximate surface area is 147 Å². The number of aromatic nitrogens is 3. The molecule has 124 valence electrons. The number of aromatic amines is 1. The summed E-state index contributed by atoms with van der Waals surface area (Å²) in [6, 6.07) is 11.5.